The average molecular weight is 480 g/mol. The standard InChI is InChI=1S/C25H30N2O5.ClH/c1-3-32-25(31)21(14-13-18-9-5-4-6-10-18)26-17(2)23(28)27-16-20-12-8-7-11-19(20)15-22(27)24(29)30;/h4-12,17,21-22,26H,3,13-16H2,1-2H3,(H,29,30);1H/t17-,21-,22-;/m1./s1/i4D,5D,6D,9D,10D;. The fourth-order valence-corrected chi connectivity index (χ4v) is 3.80. The van der Waals surface area contributed by atoms with E-state index in [0.717, 1.165) is 11.1 Å². The van der Waals surface area contributed by atoms with E-state index in [0.29, 0.717) is 0 Å². The van der Waals surface area contributed by atoms with Gasteiger partial charge in [-0.2, -0.15) is 0 Å². The topological polar surface area (TPSA) is 95.9 Å². The summed E-state index contributed by atoms with van der Waals surface area (Å²) in [6.07, 6.45) is 0.123. The van der Waals surface area contributed by atoms with Crippen LogP contribution in [0.1, 0.15) is 43.8 Å². The first-order valence-corrected chi connectivity index (χ1v) is 10.6. The predicted octanol–water partition coefficient (Wildman–Crippen LogP) is 2.99. The highest BCUT2D eigenvalue weighted by atomic mass is 35.5. The van der Waals surface area contributed by atoms with E-state index in [1.807, 2.05) is 24.3 Å². The molecule has 7 nitrogen and oxygen atoms in total. The first kappa shape index (κ1) is 19.6. The highest BCUT2D eigenvalue weighted by Gasteiger charge is 2.37. The van der Waals surface area contributed by atoms with E-state index in [1.165, 1.54) is 11.8 Å². The van der Waals surface area contributed by atoms with Gasteiger partial charge in [0.25, 0.3) is 0 Å². The van der Waals surface area contributed by atoms with Gasteiger partial charge in [0.2, 0.25) is 5.91 Å². The monoisotopic (exact) mass is 479 g/mol. The lowest BCUT2D eigenvalue weighted by molar-refractivity contribution is -0.153. The van der Waals surface area contributed by atoms with Crippen molar-refractivity contribution in [3.05, 3.63) is 71.2 Å². The van der Waals surface area contributed by atoms with Gasteiger partial charge in [0.05, 0.1) is 19.5 Å². The molecule has 1 heterocycles. The van der Waals surface area contributed by atoms with Gasteiger partial charge < -0.3 is 14.7 Å². The molecule has 1 aliphatic heterocycles. The van der Waals surface area contributed by atoms with E-state index < -0.39 is 54.1 Å². The average Bonchev–Trinajstić information content (AvgIpc) is 2.88. The Balaban J connectivity index is 0.00000507. The minimum atomic E-state index is -1.13. The molecule has 0 unspecified atom stereocenters. The van der Waals surface area contributed by atoms with E-state index in [9.17, 15) is 19.5 Å². The number of hydrogen-bond donors (Lipinski definition) is 2. The van der Waals surface area contributed by atoms with Gasteiger partial charge in [-0.1, -0.05) is 54.5 Å². The summed E-state index contributed by atoms with van der Waals surface area (Å²) in [5, 5.41) is 12.7. The summed E-state index contributed by atoms with van der Waals surface area (Å²) in [4.78, 5) is 39.3. The van der Waals surface area contributed by atoms with Crippen molar-refractivity contribution >= 4 is 30.3 Å². The van der Waals surface area contributed by atoms with E-state index in [4.69, 9.17) is 11.6 Å². The van der Waals surface area contributed by atoms with Crippen molar-refractivity contribution in [1.29, 1.82) is 0 Å². The Labute approximate surface area is 207 Å². The van der Waals surface area contributed by atoms with Gasteiger partial charge in [-0.05, 0) is 43.4 Å². The summed E-state index contributed by atoms with van der Waals surface area (Å²) < 4.78 is 44.8. The number of hydrogen-bond acceptors (Lipinski definition) is 5. The zero-order chi connectivity index (χ0) is 27.4. The second-order valence-corrected chi connectivity index (χ2v) is 7.63. The molecule has 3 rings (SSSR count). The number of aliphatic carboxylic acids is 1. The van der Waals surface area contributed by atoms with Crippen LogP contribution in [0.2, 0.25) is 0 Å². The minimum Gasteiger partial charge on any atom is -0.480 e. The minimum absolute atomic E-state index is 0. The Kier molecular flexibility index (Phi) is 7.33. The van der Waals surface area contributed by atoms with Gasteiger partial charge >= 0.3 is 11.9 Å². The number of amides is 1. The Morgan fingerprint density at radius 1 is 1.21 bits per heavy atom. The summed E-state index contributed by atoms with van der Waals surface area (Å²) in [5.41, 5.74) is 1.77. The van der Waals surface area contributed by atoms with E-state index in [-0.39, 0.29) is 62.5 Å². The van der Waals surface area contributed by atoms with E-state index in [1.54, 1.807) is 6.92 Å². The molecule has 0 aliphatic carbocycles. The molecule has 2 aromatic rings. The number of esters is 1. The van der Waals surface area contributed by atoms with Crippen LogP contribution in [0.25, 0.3) is 0 Å². The first-order valence-electron chi connectivity index (χ1n) is 13.1. The molecule has 2 aromatic carbocycles. The van der Waals surface area contributed by atoms with Crippen LogP contribution in [0.3, 0.4) is 0 Å². The summed E-state index contributed by atoms with van der Waals surface area (Å²) in [7, 11) is 0. The summed E-state index contributed by atoms with van der Waals surface area (Å²) in [6, 6.07) is 2.13. The molecule has 0 spiro atoms. The van der Waals surface area contributed by atoms with Crippen LogP contribution in [0.15, 0.2) is 54.5 Å². The third-order valence-corrected chi connectivity index (χ3v) is 5.44. The third kappa shape index (κ3) is 6.79. The number of carbonyl (C=O) groups excluding carboxylic acids is 2. The number of halogens is 1. The van der Waals surface area contributed by atoms with Crippen molar-refractivity contribution in [3.8, 4) is 0 Å². The van der Waals surface area contributed by atoms with Crippen LogP contribution >= 0.6 is 12.4 Å². The SMILES string of the molecule is Cl.[2H]c1c([2H])c([2H])c(CC[C@@H](N[C@H](C)C(=O)N2Cc3ccccc3C[C@@H]2C(=O)O)C(=O)OCC)c([2H])c1[2H]. The van der Waals surface area contributed by atoms with Crippen LogP contribution in [-0.4, -0.2) is 52.6 Å². The maximum absolute atomic E-state index is 13.4. The number of rotatable bonds is 9. The molecule has 2 N–H and O–H groups in total. The van der Waals surface area contributed by atoms with Crippen LogP contribution in [0, 0.1) is 0 Å². The number of benzene rings is 2. The number of fused-ring (bicyclic) bond motifs is 1. The van der Waals surface area contributed by atoms with Gasteiger partial charge in [-0.3, -0.25) is 14.9 Å². The van der Waals surface area contributed by atoms with Gasteiger partial charge in [-0.15, -0.1) is 12.4 Å². The molecule has 0 saturated carbocycles. The first-order chi connectivity index (χ1) is 17.5. The second-order valence-electron chi connectivity index (χ2n) is 7.63. The highest BCUT2D eigenvalue weighted by Crippen LogP contribution is 2.24. The summed E-state index contributed by atoms with van der Waals surface area (Å²) in [5.74, 6) is -2.29. The maximum Gasteiger partial charge on any atom is 0.326 e. The Morgan fingerprint density at radius 3 is 2.52 bits per heavy atom. The van der Waals surface area contributed by atoms with Crippen LogP contribution in [-0.2, 0) is 38.5 Å². The molecule has 1 aliphatic rings. The van der Waals surface area contributed by atoms with Crippen molar-refractivity contribution in [2.24, 2.45) is 0 Å². The Bertz CT molecular complexity index is 1190. The smallest absolute Gasteiger partial charge is 0.326 e. The second kappa shape index (κ2) is 12.4. The van der Waals surface area contributed by atoms with Gasteiger partial charge in [0.15, 0.2) is 0 Å². The number of carboxylic acids is 1. The zero-order valence-corrected chi connectivity index (χ0v) is 19.3. The lowest BCUT2D eigenvalue weighted by Gasteiger charge is -2.36. The van der Waals surface area contributed by atoms with Gasteiger partial charge in [0, 0.05) is 13.0 Å². The molecular weight excluding hydrogens is 444 g/mol. The van der Waals surface area contributed by atoms with Crippen molar-refractivity contribution in [2.45, 2.75) is 57.8 Å². The van der Waals surface area contributed by atoms with Crippen LogP contribution < -0.4 is 5.32 Å². The molecule has 33 heavy (non-hydrogen) atoms. The zero-order valence-electron chi connectivity index (χ0n) is 23.5. The molecule has 0 saturated heterocycles. The molecule has 8 heteroatoms. The number of carbonyl (C=O) groups is 3. The molecule has 1 amide bonds. The summed E-state index contributed by atoms with van der Waals surface area (Å²) in [6.45, 7) is 3.35. The van der Waals surface area contributed by atoms with Crippen molar-refractivity contribution in [3.63, 3.8) is 0 Å². The fraction of sp³-hybridized carbons (Fsp3) is 0.400. The lowest BCUT2D eigenvalue weighted by atomic mass is 9.93. The molecule has 0 fully saturated rings. The van der Waals surface area contributed by atoms with E-state index >= 15 is 0 Å². The Hall–Kier alpha value is -2.90. The largest absolute Gasteiger partial charge is 0.480 e. The quantitative estimate of drug-likeness (QED) is 0.537. The molecule has 0 bridgehead atoms. The van der Waals surface area contributed by atoms with Crippen LogP contribution in [0.4, 0.5) is 0 Å². The van der Waals surface area contributed by atoms with Crippen molar-refractivity contribution < 1.29 is 31.1 Å². The fourth-order valence-electron chi connectivity index (χ4n) is 3.80. The predicted molar refractivity (Wildman–Crippen MR) is 127 cm³/mol. The normalized spacial score (nSPS) is 18.8. The van der Waals surface area contributed by atoms with Crippen molar-refractivity contribution in [1.82, 2.24) is 10.2 Å². The third-order valence-electron chi connectivity index (χ3n) is 5.44. The molecule has 0 aromatic heterocycles. The lowest BCUT2D eigenvalue weighted by Crippen LogP contribution is -2.56. The van der Waals surface area contributed by atoms with Crippen molar-refractivity contribution in [2.75, 3.05) is 6.61 Å². The highest BCUT2D eigenvalue weighted by molar-refractivity contribution is 5.88. The van der Waals surface area contributed by atoms with Crippen LogP contribution in [0.5, 0.6) is 0 Å². The summed E-state index contributed by atoms with van der Waals surface area (Å²) >= 11 is 0. The maximum atomic E-state index is 13.4. The molecule has 0 radical (unpaired) electrons. The van der Waals surface area contributed by atoms with E-state index in [2.05, 4.69) is 5.32 Å². The molecule has 178 valence electrons. The molecular formula is C25H31ClN2O5. The number of ether oxygens (including phenoxy) is 1. The molecule has 3 atom stereocenters. The van der Waals surface area contributed by atoms with Gasteiger partial charge in [-0.25, -0.2) is 4.79 Å². The number of nitrogens with zero attached hydrogens (tertiary/aromatic N) is 1. The number of nitrogens with one attached hydrogen (secondary N) is 1. The van der Waals surface area contributed by atoms with Gasteiger partial charge in [0.1, 0.15) is 12.1 Å². The number of carboxylic acid groups (broad SMARTS) is 1. The Morgan fingerprint density at radius 2 is 1.88 bits per heavy atom.